The summed E-state index contributed by atoms with van der Waals surface area (Å²) in [5.41, 5.74) is 3.98. The molecule has 466 valence electrons. The number of rotatable bonds is 45. The minimum absolute atomic E-state index is 0.0364. The number of benzene rings is 3. The van der Waals surface area contributed by atoms with Crippen molar-refractivity contribution in [2.75, 3.05) is 40.5 Å². The Morgan fingerprint density at radius 3 is 1.42 bits per heavy atom. The zero-order valence-corrected chi connectivity index (χ0v) is 56.3. The number of ether oxygens (including phenoxy) is 3. The van der Waals surface area contributed by atoms with Crippen molar-refractivity contribution in [1.82, 2.24) is 9.57 Å². The third kappa shape index (κ3) is 28.4. The molecular formula is C73H118N3O6P. The van der Waals surface area contributed by atoms with E-state index < -0.39 is 20.2 Å². The maximum absolute atomic E-state index is 15.1. The van der Waals surface area contributed by atoms with Crippen LogP contribution in [-0.2, 0) is 24.2 Å². The topological polar surface area (TPSA) is 93.5 Å². The van der Waals surface area contributed by atoms with Crippen molar-refractivity contribution >= 4 is 14.4 Å². The molecule has 0 heterocycles. The van der Waals surface area contributed by atoms with Crippen LogP contribution in [0.3, 0.4) is 0 Å². The number of carbonyl (C=O) groups excluding carboxylic acids is 1. The molecule has 1 unspecified atom stereocenters. The molecule has 10 heteroatoms. The number of hydrogen-bond donors (Lipinski definition) is 0. The highest BCUT2D eigenvalue weighted by Gasteiger charge is 2.40. The summed E-state index contributed by atoms with van der Waals surface area (Å²) in [6.07, 6.45) is 25.9. The number of allylic oxidation sites excluding steroid dienone is 2. The fourth-order valence-electron chi connectivity index (χ4n) is 11.5. The molecule has 3 rings (SSSR count). The van der Waals surface area contributed by atoms with Gasteiger partial charge in [0.2, 0.25) is 5.91 Å². The summed E-state index contributed by atoms with van der Waals surface area (Å²) in [6, 6.07) is 28.9. The zero-order chi connectivity index (χ0) is 61.2. The van der Waals surface area contributed by atoms with Crippen molar-refractivity contribution in [1.29, 1.82) is 5.26 Å². The third-order valence-corrected chi connectivity index (χ3v) is 18.8. The molecule has 6 atom stereocenters. The molecule has 0 N–H and O–H groups in total. The first kappa shape index (κ1) is 73.2. The van der Waals surface area contributed by atoms with Gasteiger partial charge in [-0.05, 0) is 144 Å². The lowest BCUT2D eigenvalue weighted by Crippen LogP contribution is -2.43. The van der Waals surface area contributed by atoms with Crippen LogP contribution in [0.2, 0.25) is 0 Å². The Balaban J connectivity index is 2.06. The molecule has 0 saturated heterocycles. The molecular weight excluding hydrogens is 1050 g/mol. The lowest BCUT2D eigenvalue weighted by Gasteiger charge is -2.40. The van der Waals surface area contributed by atoms with Crippen LogP contribution in [0.1, 0.15) is 236 Å². The molecule has 3 aromatic rings. The van der Waals surface area contributed by atoms with Crippen LogP contribution in [-0.4, -0.2) is 74.2 Å². The standard InChI is InChI=1S/C73H118N3O6P/c1-56(2)27-20-29-60(9)31-22-33-62(11)35-24-37-64(13)49-51-75(72(77)53-65(14)38-25-36-63(12)34-23-32-61(10)30-21-28-57(3)4)54-71(82-83(81-52-26-50-74)76(58(5)6)59(7)8)55-80-73(66-39-18-17-19-40-66,67-41-45-69(78-15)46-42-67)68-43-47-70(79-16)48-44-68/h17-19,39-49,53,56-63,71H,20-38,51-52,54-55H2,1-16H3/b64-49+,65-53+/t60-,61-,62-,63-,71-,83?/m1/s1. The Morgan fingerprint density at radius 1 is 0.578 bits per heavy atom. The second-order valence-electron chi connectivity index (χ2n) is 26.1. The predicted octanol–water partition coefficient (Wildman–Crippen LogP) is 20.3. The summed E-state index contributed by atoms with van der Waals surface area (Å²) in [5, 5.41) is 9.71. The van der Waals surface area contributed by atoms with E-state index in [9.17, 15) is 5.26 Å². The number of methoxy groups -OCH3 is 2. The van der Waals surface area contributed by atoms with E-state index in [1.54, 1.807) is 14.2 Å². The summed E-state index contributed by atoms with van der Waals surface area (Å²) in [6.45, 7) is 32.9. The maximum atomic E-state index is 15.1. The molecule has 0 aromatic heterocycles. The first-order valence-electron chi connectivity index (χ1n) is 32.6. The van der Waals surface area contributed by atoms with Crippen LogP contribution in [0.25, 0.3) is 0 Å². The van der Waals surface area contributed by atoms with Crippen molar-refractivity contribution in [3.05, 3.63) is 119 Å². The number of nitriles is 1. The fraction of sp³-hybridized carbons (Fsp3) is 0.671. The highest BCUT2D eigenvalue weighted by Crippen LogP contribution is 2.48. The van der Waals surface area contributed by atoms with E-state index in [2.05, 4.69) is 150 Å². The zero-order valence-electron chi connectivity index (χ0n) is 55.4. The van der Waals surface area contributed by atoms with E-state index in [0.717, 1.165) is 89.5 Å². The minimum Gasteiger partial charge on any atom is -0.497 e. The van der Waals surface area contributed by atoms with Gasteiger partial charge in [-0.1, -0.05) is 217 Å². The smallest absolute Gasteiger partial charge is 0.259 e. The molecule has 0 saturated carbocycles. The molecule has 0 aliphatic heterocycles. The Kier molecular flexibility index (Phi) is 36.3. The molecule has 0 aliphatic rings. The Labute approximate surface area is 510 Å². The van der Waals surface area contributed by atoms with Crippen LogP contribution in [0.15, 0.2) is 102 Å². The molecule has 0 bridgehead atoms. The first-order valence-corrected chi connectivity index (χ1v) is 33.7. The maximum Gasteiger partial charge on any atom is 0.259 e. The van der Waals surface area contributed by atoms with Crippen molar-refractivity contribution in [3.8, 4) is 17.6 Å². The van der Waals surface area contributed by atoms with Gasteiger partial charge in [-0.25, -0.2) is 4.67 Å². The Hall–Kier alpha value is -4.03. The highest BCUT2D eigenvalue weighted by atomic mass is 31.2. The normalized spacial score (nSPS) is 14.7. The highest BCUT2D eigenvalue weighted by molar-refractivity contribution is 7.44. The fourth-order valence-corrected chi connectivity index (χ4v) is 13.2. The quantitative estimate of drug-likeness (QED) is 0.0182. The average Bonchev–Trinajstić information content (AvgIpc) is 3.52. The molecule has 0 spiro atoms. The van der Waals surface area contributed by atoms with E-state index in [1.165, 1.54) is 89.0 Å². The SMILES string of the molecule is COc1ccc(C(OC[C@@H](CN(C/C=C(\C)CCC[C@H](C)CCC[C@H](C)CCCC(C)C)C(=O)/C=C(\C)CCC[C@H](C)CCC[C@H](C)CCCC(C)C)OP(OCCC#N)N(C(C)C)C(C)C)(c2ccccc2)c2ccc(OC)cc2)cc1. The first-order chi connectivity index (χ1) is 39.7. The van der Waals surface area contributed by atoms with E-state index >= 15 is 4.79 Å². The summed E-state index contributed by atoms with van der Waals surface area (Å²) in [4.78, 5) is 17.1. The van der Waals surface area contributed by atoms with E-state index in [1.807, 2.05) is 53.4 Å². The second kappa shape index (κ2) is 41.1. The number of hydrogen-bond acceptors (Lipinski definition) is 8. The van der Waals surface area contributed by atoms with Crippen molar-refractivity contribution in [3.63, 3.8) is 0 Å². The minimum atomic E-state index is -1.72. The van der Waals surface area contributed by atoms with Gasteiger partial charge < -0.3 is 28.2 Å². The summed E-state index contributed by atoms with van der Waals surface area (Å²) in [5.74, 6) is 5.94. The van der Waals surface area contributed by atoms with Gasteiger partial charge in [-0.3, -0.25) is 4.79 Å². The van der Waals surface area contributed by atoms with Gasteiger partial charge in [0.25, 0.3) is 8.53 Å². The van der Waals surface area contributed by atoms with Gasteiger partial charge in [-0.2, -0.15) is 5.26 Å². The molecule has 3 aromatic carbocycles. The van der Waals surface area contributed by atoms with E-state index in [0.29, 0.717) is 18.4 Å². The molecule has 0 fully saturated rings. The number of amides is 1. The molecule has 83 heavy (non-hydrogen) atoms. The Bertz CT molecular complexity index is 2220. The van der Waals surface area contributed by atoms with Gasteiger partial charge >= 0.3 is 0 Å². The predicted molar refractivity (Wildman–Crippen MR) is 352 cm³/mol. The summed E-state index contributed by atoms with van der Waals surface area (Å²) in [7, 11) is 1.63. The van der Waals surface area contributed by atoms with E-state index in [4.69, 9.17) is 23.3 Å². The second-order valence-corrected chi connectivity index (χ2v) is 27.5. The summed E-state index contributed by atoms with van der Waals surface area (Å²) >= 11 is 0. The average molecular weight is 1160 g/mol. The van der Waals surface area contributed by atoms with Crippen LogP contribution >= 0.6 is 8.53 Å². The molecule has 0 aliphatic carbocycles. The number of carbonyl (C=O) groups is 1. The molecule has 9 nitrogen and oxygen atoms in total. The van der Waals surface area contributed by atoms with Crippen LogP contribution in [0.4, 0.5) is 0 Å². The van der Waals surface area contributed by atoms with E-state index in [-0.39, 0.29) is 44.2 Å². The van der Waals surface area contributed by atoms with Gasteiger partial charge in [-0.15, -0.1) is 0 Å². The van der Waals surface area contributed by atoms with Crippen LogP contribution < -0.4 is 9.47 Å². The monoisotopic (exact) mass is 1160 g/mol. The molecule has 0 radical (unpaired) electrons. The van der Waals surface area contributed by atoms with Gasteiger partial charge in [0, 0.05) is 24.7 Å². The summed E-state index contributed by atoms with van der Waals surface area (Å²) < 4.78 is 35.2. The van der Waals surface area contributed by atoms with Crippen molar-refractivity contribution in [2.45, 2.75) is 243 Å². The third-order valence-electron chi connectivity index (χ3n) is 16.6. The Morgan fingerprint density at radius 2 is 1.00 bits per heavy atom. The van der Waals surface area contributed by atoms with Crippen molar-refractivity contribution in [2.24, 2.45) is 35.5 Å². The van der Waals surface area contributed by atoms with Gasteiger partial charge in [0.15, 0.2) is 0 Å². The number of nitrogens with zero attached hydrogens (tertiary/aromatic N) is 3. The van der Waals surface area contributed by atoms with Gasteiger partial charge in [0.05, 0.1) is 46.5 Å². The van der Waals surface area contributed by atoms with Crippen LogP contribution in [0, 0.1) is 46.8 Å². The molecule has 1 amide bonds. The van der Waals surface area contributed by atoms with Crippen LogP contribution in [0.5, 0.6) is 11.5 Å². The lowest BCUT2D eigenvalue weighted by atomic mass is 9.80. The lowest BCUT2D eigenvalue weighted by molar-refractivity contribution is -0.127. The van der Waals surface area contributed by atoms with Crippen molar-refractivity contribution < 1.29 is 28.1 Å². The largest absolute Gasteiger partial charge is 0.497 e. The van der Waals surface area contributed by atoms with Gasteiger partial charge in [0.1, 0.15) is 23.2 Å².